The van der Waals surface area contributed by atoms with Gasteiger partial charge in [0, 0.05) is 19.5 Å². The van der Waals surface area contributed by atoms with Crippen LogP contribution in [0.3, 0.4) is 0 Å². The summed E-state index contributed by atoms with van der Waals surface area (Å²) in [6, 6.07) is 9.29. The van der Waals surface area contributed by atoms with Gasteiger partial charge in [0.15, 0.2) is 0 Å². The SMILES string of the molecule is CCCCCCCCCCC(CCCCCCCC)CCCCCCCCc1c(-c2ccc(Br)s2)sc2c1sc1c3sc(-c4ccc(Br)s4)c(CCCCCCCCC(CCCCCCCC)CCCCCCCCCC)c3sc21. The predicted octanol–water partition coefficient (Wildman–Crippen LogP) is 30.7. The Morgan fingerprint density at radius 3 is 0.750 bits per heavy atom. The highest BCUT2D eigenvalue weighted by Crippen LogP contribution is 2.56. The van der Waals surface area contributed by atoms with Crippen LogP contribution in [0.2, 0.25) is 0 Å². The van der Waals surface area contributed by atoms with Crippen molar-refractivity contribution in [3.63, 3.8) is 0 Å². The second-order valence-electron chi connectivity index (χ2n) is 24.9. The Labute approximate surface area is 533 Å². The average Bonchev–Trinajstić information content (AvgIpc) is 4.51. The van der Waals surface area contributed by atoms with Crippen molar-refractivity contribution in [1.29, 1.82) is 0 Å². The number of aryl methyl sites for hydroxylation is 2. The first-order valence-electron chi connectivity index (χ1n) is 34.4. The maximum absolute atomic E-state index is 3.84. The van der Waals surface area contributed by atoms with E-state index in [1.54, 1.807) is 49.1 Å². The molecule has 0 aliphatic rings. The minimum Gasteiger partial charge on any atom is -0.132 e. The highest BCUT2D eigenvalue weighted by molar-refractivity contribution is 9.11. The first-order valence-corrected chi connectivity index (χ1v) is 40.9. The molecule has 6 heterocycles. The predicted molar refractivity (Wildman–Crippen MR) is 382 cm³/mol. The first-order chi connectivity index (χ1) is 39.4. The summed E-state index contributed by atoms with van der Waals surface area (Å²) in [6.07, 6.45) is 68.5. The van der Waals surface area contributed by atoms with E-state index in [0.717, 1.165) is 11.8 Å². The number of unbranched alkanes of at least 4 members (excludes halogenated alkanes) is 34. The fourth-order valence-corrected chi connectivity index (χ4v) is 22.3. The molecule has 0 aliphatic heterocycles. The summed E-state index contributed by atoms with van der Waals surface area (Å²) in [4.78, 5) is 6.00. The molecule has 6 rings (SSSR count). The Morgan fingerprint density at radius 1 is 0.263 bits per heavy atom. The van der Waals surface area contributed by atoms with Crippen LogP contribution in [0.15, 0.2) is 31.8 Å². The Hall–Kier alpha value is -0.0600. The standard InChI is InChI=1S/C72H114Br2S6/c1-5-9-13-17-21-23-31-39-47-57(45-37-29-19-15-11-7-3)49-41-33-25-27-35-43-51-59-65(61-53-55-63(73)75-61)77-69-67(59)79-72-70-68(80-71(69)72)60(66(78-70)62-54-56-64(74)76-62)52-44-36-28-26-34-42-50-58(46-38-30-20-16-12-8-4)48-40-32-24-22-18-14-10-6-2/h53-58H,5-52H2,1-4H3. The molecule has 2 unspecified atom stereocenters. The number of hydrogen-bond donors (Lipinski definition) is 0. The lowest BCUT2D eigenvalue weighted by atomic mass is 9.89. The third kappa shape index (κ3) is 25.0. The molecular weight excluding hydrogens is 1220 g/mol. The monoisotopic (exact) mass is 1330 g/mol. The highest BCUT2D eigenvalue weighted by Gasteiger charge is 2.26. The van der Waals surface area contributed by atoms with E-state index < -0.39 is 0 Å². The summed E-state index contributed by atoms with van der Waals surface area (Å²) in [7, 11) is 0. The van der Waals surface area contributed by atoms with Crippen LogP contribution in [0, 0.1) is 11.8 Å². The molecule has 0 N–H and O–H groups in total. The molecule has 8 heteroatoms. The van der Waals surface area contributed by atoms with Crippen LogP contribution in [-0.4, -0.2) is 0 Å². The van der Waals surface area contributed by atoms with Crippen molar-refractivity contribution < 1.29 is 0 Å². The molecule has 80 heavy (non-hydrogen) atoms. The van der Waals surface area contributed by atoms with Crippen LogP contribution in [0.25, 0.3) is 47.7 Å². The van der Waals surface area contributed by atoms with Crippen molar-refractivity contribution in [2.75, 3.05) is 0 Å². The normalized spacial score (nSPS) is 12.9. The molecular formula is C72H114Br2S6. The molecule has 452 valence electrons. The van der Waals surface area contributed by atoms with Gasteiger partial charge >= 0.3 is 0 Å². The zero-order valence-corrected chi connectivity index (χ0v) is 59.7. The fraction of sp³-hybridized carbons (Fsp3) is 0.750. The van der Waals surface area contributed by atoms with Gasteiger partial charge in [-0.25, -0.2) is 0 Å². The second-order valence-corrected chi connectivity index (χ2v) is 33.9. The minimum absolute atomic E-state index is 0.978. The van der Waals surface area contributed by atoms with Gasteiger partial charge in [-0.2, -0.15) is 0 Å². The van der Waals surface area contributed by atoms with Gasteiger partial charge in [0.2, 0.25) is 0 Å². The van der Waals surface area contributed by atoms with E-state index in [0.29, 0.717) is 0 Å². The maximum atomic E-state index is 3.84. The van der Waals surface area contributed by atoms with Gasteiger partial charge in [0.1, 0.15) is 0 Å². The Balaban J connectivity index is 1.00. The molecule has 0 spiro atoms. The zero-order valence-electron chi connectivity index (χ0n) is 51.6. The van der Waals surface area contributed by atoms with Crippen LogP contribution in [0.1, 0.15) is 334 Å². The number of fused-ring (bicyclic) bond motifs is 5. The van der Waals surface area contributed by atoms with Gasteiger partial charge in [-0.1, -0.05) is 310 Å². The van der Waals surface area contributed by atoms with Crippen molar-refractivity contribution in [2.45, 2.75) is 336 Å². The molecule has 0 nitrogen and oxygen atoms in total. The molecule has 0 aromatic carbocycles. The molecule has 0 aliphatic carbocycles. The highest BCUT2D eigenvalue weighted by atomic mass is 79.9. The van der Waals surface area contributed by atoms with Gasteiger partial charge in [-0.15, -0.1) is 68.0 Å². The van der Waals surface area contributed by atoms with E-state index in [9.17, 15) is 0 Å². The molecule has 0 saturated carbocycles. The fourth-order valence-electron chi connectivity index (χ4n) is 13.0. The van der Waals surface area contributed by atoms with Gasteiger partial charge in [0.05, 0.1) is 35.8 Å². The minimum atomic E-state index is 0.978. The smallest absolute Gasteiger partial charge is 0.0705 e. The molecule has 0 fully saturated rings. The van der Waals surface area contributed by atoms with Crippen LogP contribution in [0.4, 0.5) is 0 Å². The number of hydrogen-bond acceptors (Lipinski definition) is 6. The molecule has 0 bridgehead atoms. The third-order valence-electron chi connectivity index (χ3n) is 18.0. The second kappa shape index (κ2) is 42.7. The molecule has 2 atom stereocenters. The Bertz CT molecular complexity index is 2280. The van der Waals surface area contributed by atoms with Crippen LogP contribution in [0.5, 0.6) is 0 Å². The number of rotatable bonds is 52. The maximum Gasteiger partial charge on any atom is 0.0705 e. The van der Waals surface area contributed by atoms with E-state index in [1.807, 2.05) is 22.7 Å². The van der Waals surface area contributed by atoms with Crippen molar-refractivity contribution >= 4 is 128 Å². The molecule has 0 amide bonds. The molecule has 0 saturated heterocycles. The van der Waals surface area contributed by atoms with Gasteiger partial charge < -0.3 is 0 Å². The zero-order chi connectivity index (χ0) is 56.2. The average molecular weight is 1330 g/mol. The topological polar surface area (TPSA) is 0 Å². The van der Waals surface area contributed by atoms with Crippen molar-refractivity contribution in [1.82, 2.24) is 0 Å². The van der Waals surface area contributed by atoms with Crippen molar-refractivity contribution in [2.24, 2.45) is 11.8 Å². The largest absolute Gasteiger partial charge is 0.132 e. The lowest BCUT2D eigenvalue weighted by Gasteiger charge is -2.17. The summed E-state index contributed by atoms with van der Waals surface area (Å²) < 4.78 is 12.0. The third-order valence-corrected chi connectivity index (χ3v) is 27.3. The van der Waals surface area contributed by atoms with Crippen LogP contribution < -0.4 is 0 Å². The van der Waals surface area contributed by atoms with Crippen molar-refractivity contribution in [3.05, 3.63) is 43.0 Å². The van der Waals surface area contributed by atoms with Gasteiger partial charge in [-0.05, 0) is 105 Å². The van der Waals surface area contributed by atoms with Gasteiger partial charge in [-0.3, -0.25) is 0 Å². The molecule has 6 aromatic heterocycles. The Morgan fingerprint density at radius 2 is 0.500 bits per heavy atom. The quantitative estimate of drug-likeness (QED) is 0.0334. The lowest BCUT2D eigenvalue weighted by molar-refractivity contribution is 0.365. The molecule has 0 radical (unpaired) electrons. The summed E-state index contributed by atoms with van der Waals surface area (Å²) in [5.41, 5.74) is 3.30. The number of thiophene rings is 6. The first kappa shape index (κ1) is 69.0. The van der Waals surface area contributed by atoms with Crippen molar-refractivity contribution in [3.8, 4) is 19.5 Å². The van der Waals surface area contributed by atoms with E-state index >= 15 is 0 Å². The summed E-state index contributed by atoms with van der Waals surface area (Å²) in [5.74, 6) is 1.96. The van der Waals surface area contributed by atoms with E-state index in [4.69, 9.17) is 0 Å². The van der Waals surface area contributed by atoms with E-state index in [-0.39, 0.29) is 0 Å². The van der Waals surface area contributed by atoms with Crippen LogP contribution in [-0.2, 0) is 12.8 Å². The van der Waals surface area contributed by atoms with Gasteiger partial charge in [0.25, 0.3) is 0 Å². The van der Waals surface area contributed by atoms with Crippen LogP contribution >= 0.6 is 99.9 Å². The Kier molecular flexibility index (Phi) is 36.9. The number of halogens is 2. The lowest BCUT2D eigenvalue weighted by Crippen LogP contribution is -2.01. The summed E-state index contributed by atoms with van der Waals surface area (Å²) >= 11 is 20.1. The summed E-state index contributed by atoms with van der Waals surface area (Å²) in [6.45, 7) is 9.35. The van der Waals surface area contributed by atoms with E-state index in [1.165, 1.54) is 326 Å². The summed E-state index contributed by atoms with van der Waals surface area (Å²) in [5, 5.41) is 0. The molecule has 6 aromatic rings. The van der Waals surface area contributed by atoms with E-state index in [2.05, 4.69) is 129 Å².